The Morgan fingerprint density at radius 3 is 1.21 bits per heavy atom. The number of fused-ring (bicyclic) bond motifs is 2. The van der Waals surface area contributed by atoms with E-state index in [1.54, 1.807) is 0 Å². The van der Waals surface area contributed by atoms with Crippen molar-refractivity contribution >= 4 is 21.5 Å². The molecule has 5 aromatic carbocycles. The minimum Gasteiger partial charge on any atom is -0.0622 e. The molecule has 0 aliphatic heterocycles. The molecule has 0 amide bonds. The average Bonchev–Trinajstić information content (AvgIpc) is 2.78. The van der Waals surface area contributed by atoms with Crippen molar-refractivity contribution < 1.29 is 0 Å². The van der Waals surface area contributed by atoms with Gasteiger partial charge in [-0.05, 0) is 55.3 Å². The molecule has 29 heavy (non-hydrogen) atoms. The predicted molar refractivity (Wildman–Crippen MR) is 126 cm³/mol. The van der Waals surface area contributed by atoms with Gasteiger partial charge in [-0.15, -0.1) is 0 Å². The molecule has 0 atom stereocenters. The van der Waals surface area contributed by atoms with Gasteiger partial charge in [-0.1, -0.05) is 117 Å². The van der Waals surface area contributed by atoms with Crippen LogP contribution in [-0.4, -0.2) is 0 Å². The zero-order valence-electron chi connectivity index (χ0n) is 16.9. The fourth-order valence-electron chi connectivity index (χ4n) is 4.39. The van der Waals surface area contributed by atoms with E-state index in [2.05, 4.69) is 117 Å². The van der Waals surface area contributed by atoms with Crippen LogP contribution in [-0.2, 0) is 0 Å². The van der Waals surface area contributed by atoms with Crippen molar-refractivity contribution in [2.45, 2.75) is 19.8 Å². The fraction of sp³-hybridized carbons (Fsp3) is 0.103. The summed E-state index contributed by atoms with van der Waals surface area (Å²) < 4.78 is 0. The number of hydrogen-bond acceptors (Lipinski definition) is 0. The van der Waals surface area contributed by atoms with E-state index in [0.29, 0.717) is 5.92 Å². The summed E-state index contributed by atoms with van der Waals surface area (Å²) in [6, 6.07) is 37.5. The molecule has 0 aliphatic rings. The highest BCUT2D eigenvalue weighted by Gasteiger charge is 2.16. The summed E-state index contributed by atoms with van der Waals surface area (Å²) in [6.07, 6.45) is 0. The summed E-state index contributed by atoms with van der Waals surface area (Å²) in [6.45, 7) is 4.49. The van der Waals surface area contributed by atoms with Crippen molar-refractivity contribution in [2.24, 2.45) is 0 Å². The van der Waals surface area contributed by atoms with E-state index in [9.17, 15) is 0 Å². The first-order valence-electron chi connectivity index (χ1n) is 10.3. The predicted octanol–water partition coefficient (Wildman–Crippen LogP) is 8.45. The van der Waals surface area contributed by atoms with E-state index in [1.165, 1.54) is 49.4 Å². The summed E-state index contributed by atoms with van der Waals surface area (Å²) in [4.78, 5) is 0. The quantitative estimate of drug-likeness (QED) is 0.279. The van der Waals surface area contributed by atoms with Crippen LogP contribution >= 0.6 is 0 Å². The molecule has 0 heterocycles. The molecule has 0 unspecified atom stereocenters. The standard InChI is InChI=1S/C29H24/c1-20(2)21-16-18-23(19-17-21)29-26-14-8-6-12-24(26)28(22-10-4-3-5-11-22)25-13-7-9-15-27(25)29/h3-20H,1-2H3. The molecule has 0 saturated heterocycles. The van der Waals surface area contributed by atoms with Gasteiger partial charge in [-0.2, -0.15) is 0 Å². The lowest BCUT2D eigenvalue weighted by atomic mass is 9.85. The van der Waals surface area contributed by atoms with Gasteiger partial charge < -0.3 is 0 Å². The molecule has 5 aromatic rings. The molecule has 0 aliphatic carbocycles. The molecule has 0 spiro atoms. The van der Waals surface area contributed by atoms with Gasteiger partial charge in [0, 0.05) is 0 Å². The Labute approximate surface area is 172 Å². The SMILES string of the molecule is CC(C)c1ccc(-c2c3ccccc3c(-c3ccccc3)c3ccccc23)cc1. The van der Waals surface area contributed by atoms with Crippen molar-refractivity contribution in [3.63, 3.8) is 0 Å². The van der Waals surface area contributed by atoms with Crippen LogP contribution in [0.1, 0.15) is 25.3 Å². The van der Waals surface area contributed by atoms with E-state index in [4.69, 9.17) is 0 Å². The number of benzene rings is 5. The lowest BCUT2D eigenvalue weighted by Crippen LogP contribution is -1.91. The Kier molecular flexibility index (Phi) is 4.41. The first-order chi connectivity index (χ1) is 14.2. The average molecular weight is 373 g/mol. The van der Waals surface area contributed by atoms with Gasteiger partial charge in [-0.3, -0.25) is 0 Å². The topological polar surface area (TPSA) is 0 Å². The second-order valence-corrected chi connectivity index (χ2v) is 7.98. The Bertz CT molecular complexity index is 1240. The second kappa shape index (κ2) is 7.22. The van der Waals surface area contributed by atoms with E-state index >= 15 is 0 Å². The second-order valence-electron chi connectivity index (χ2n) is 7.98. The normalized spacial score (nSPS) is 11.4. The number of hydrogen-bond donors (Lipinski definition) is 0. The van der Waals surface area contributed by atoms with Crippen LogP contribution in [0.3, 0.4) is 0 Å². The Hall–Kier alpha value is -3.38. The van der Waals surface area contributed by atoms with Crippen LogP contribution in [0, 0.1) is 0 Å². The number of rotatable bonds is 3. The third kappa shape index (κ3) is 3.02. The van der Waals surface area contributed by atoms with Gasteiger partial charge in [-0.25, -0.2) is 0 Å². The van der Waals surface area contributed by atoms with Gasteiger partial charge in [0.05, 0.1) is 0 Å². The van der Waals surface area contributed by atoms with Crippen molar-refractivity contribution in [1.29, 1.82) is 0 Å². The maximum atomic E-state index is 2.28. The van der Waals surface area contributed by atoms with E-state index in [1.807, 2.05) is 0 Å². The molecule has 0 bridgehead atoms. The summed E-state index contributed by atoms with van der Waals surface area (Å²) in [5, 5.41) is 5.23. The van der Waals surface area contributed by atoms with Crippen LogP contribution in [0.25, 0.3) is 43.8 Å². The third-order valence-corrected chi connectivity index (χ3v) is 5.86. The summed E-state index contributed by atoms with van der Waals surface area (Å²) in [5.41, 5.74) is 6.57. The van der Waals surface area contributed by atoms with E-state index < -0.39 is 0 Å². The highest BCUT2D eigenvalue weighted by atomic mass is 14.2. The van der Waals surface area contributed by atoms with Crippen molar-refractivity contribution in [1.82, 2.24) is 0 Å². The molecule has 0 fully saturated rings. The molecule has 0 aromatic heterocycles. The largest absolute Gasteiger partial charge is 0.0622 e. The first kappa shape index (κ1) is 17.7. The Morgan fingerprint density at radius 2 is 0.793 bits per heavy atom. The Balaban J connectivity index is 1.90. The van der Waals surface area contributed by atoms with Gasteiger partial charge in [0.25, 0.3) is 0 Å². The molecule has 0 radical (unpaired) electrons. The molecular formula is C29H24. The van der Waals surface area contributed by atoms with Gasteiger partial charge in [0.15, 0.2) is 0 Å². The van der Waals surface area contributed by atoms with Crippen molar-refractivity contribution in [3.05, 3.63) is 109 Å². The molecule has 0 heteroatoms. The van der Waals surface area contributed by atoms with Gasteiger partial charge >= 0.3 is 0 Å². The first-order valence-corrected chi connectivity index (χ1v) is 10.3. The summed E-state index contributed by atoms with van der Waals surface area (Å²) in [5.74, 6) is 0.540. The lowest BCUT2D eigenvalue weighted by Gasteiger charge is -2.18. The van der Waals surface area contributed by atoms with E-state index in [0.717, 1.165) is 0 Å². The van der Waals surface area contributed by atoms with Gasteiger partial charge in [0.1, 0.15) is 0 Å². The van der Waals surface area contributed by atoms with Crippen LogP contribution in [0.15, 0.2) is 103 Å². The molecule has 0 saturated carbocycles. The van der Waals surface area contributed by atoms with Crippen molar-refractivity contribution in [3.8, 4) is 22.3 Å². The highest BCUT2D eigenvalue weighted by Crippen LogP contribution is 2.43. The summed E-state index contributed by atoms with van der Waals surface area (Å²) in [7, 11) is 0. The smallest absolute Gasteiger partial charge is 0.00264 e. The molecular weight excluding hydrogens is 348 g/mol. The van der Waals surface area contributed by atoms with Crippen molar-refractivity contribution in [2.75, 3.05) is 0 Å². The third-order valence-electron chi connectivity index (χ3n) is 5.86. The maximum Gasteiger partial charge on any atom is -0.00264 e. The zero-order chi connectivity index (χ0) is 19.8. The fourth-order valence-corrected chi connectivity index (χ4v) is 4.39. The summed E-state index contributed by atoms with van der Waals surface area (Å²) >= 11 is 0. The zero-order valence-corrected chi connectivity index (χ0v) is 16.9. The minimum atomic E-state index is 0.540. The molecule has 140 valence electrons. The Morgan fingerprint density at radius 1 is 0.414 bits per heavy atom. The minimum absolute atomic E-state index is 0.540. The van der Waals surface area contributed by atoms with Gasteiger partial charge in [0.2, 0.25) is 0 Å². The molecule has 0 N–H and O–H groups in total. The molecule has 5 rings (SSSR count). The van der Waals surface area contributed by atoms with Crippen LogP contribution in [0.2, 0.25) is 0 Å². The maximum absolute atomic E-state index is 2.28. The van der Waals surface area contributed by atoms with Crippen LogP contribution in [0.5, 0.6) is 0 Å². The van der Waals surface area contributed by atoms with Crippen LogP contribution in [0.4, 0.5) is 0 Å². The molecule has 0 nitrogen and oxygen atoms in total. The highest BCUT2D eigenvalue weighted by molar-refractivity contribution is 6.21. The monoisotopic (exact) mass is 372 g/mol. The van der Waals surface area contributed by atoms with Crippen LogP contribution < -0.4 is 0 Å². The lowest BCUT2D eigenvalue weighted by molar-refractivity contribution is 0.867. The van der Waals surface area contributed by atoms with E-state index in [-0.39, 0.29) is 0 Å².